The minimum absolute atomic E-state index is 0.0469. The van der Waals surface area contributed by atoms with Crippen LogP contribution in [-0.2, 0) is 28.3 Å². The molecule has 1 aromatic carbocycles. The third kappa shape index (κ3) is 3.72. The van der Waals surface area contributed by atoms with Gasteiger partial charge in [-0.15, -0.1) is 0 Å². The van der Waals surface area contributed by atoms with Gasteiger partial charge in [0.2, 0.25) is 0 Å². The number of nitro groups is 1. The van der Waals surface area contributed by atoms with E-state index in [9.17, 15) is 24.8 Å². The predicted molar refractivity (Wildman–Crippen MR) is 134 cm³/mol. The number of pyridine rings is 2. The lowest BCUT2D eigenvalue weighted by molar-refractivity contribution is -0.384. The van der Waals surface area contributed by atoms with E-state index in [-0.39, 0.29) is 47.4 Å². The molecule has 0 spiro atoms. The van der Waals surface area contributed by atoms with Crippen molar-refractivity contribution in [1.29, 1.82) is 0 Å². The van der Waals surface area contributed by atoms with Crippen LogP contribution >= 0.6 is 0 Å². The number of cyclic esters (lactones) is 1. The molecule has 4 heterocycles. The molecule has 2 aliphatic heterocycles. The minimum Gasteiger partial charge on any atom is -0.458 e. The molecular weight excluding hydrogens is 464 g/mol. The van der Waals surface area contributed by atoms with E-state index in [0.717, 1.165) is 12.0 Å². The second kappa shape index (κ2) is 8.12. The Morgan fingerprint density at radius 1 is 1.25 bits per heavy atom. The molecule has 0 radical (unpaired) electrons. The first kappa shape index (κ1) is 23.9. The van der Waals surface area contributed by atoms with Gasteiger partial charge in [-0.05, 0) is 30.4 Å². The van der Waals surface area contributed by atoms with E-state index in [1.54, 1.807) is 17.6 Å². The van der Waals surface area contributed by atoms with Crippen LogP contribution in [0.15, 0.2) is 29.1 Å². The largest absolute Gasteiger partial charge is 0.458 e. The summed E-state index contributed by atoms with van der Waals surface area (Å²) in [6, 6.07) is 6.43. The van der Waals surface area contributed by atoms with E-state index >= 15 is 0 Å². The molecule has 2 N–H and O–H groups in total. The summed E-state index contributed by atoms with van der Waals surface area (Å²) in [7, 11) is 0. The van der Waals surface area contributed by atoms with Gasteiger partial charge in [0.25, 0.3) is 11.2 Å². The fourth-order valence-corrected chi connectivity index (χ4v) is 4.89. The fourth-order valence-electron chi connectivity index (χ4n) is 4.89. The van der Waals surface area contributed by atoms with Gasteiger partial charge >= 0.3 is 5.97 Å². The van der Waals surface area contributed by atoms with Crippen LogP contribution in [0.3, 0.4) is 0 Å². The molecule has 0 unspecified atom stereocenters. The molecule has 10 nitrogen and oxygen atoms in total. The summed E-state index contributed by atoms with van der Waals surface area (Å²) in [6.45, 7) is 8.65. The van der Waals surface area contributed by atoms with E-state index in [1.807, 2.05) is 6.07 Å². The lowest BCUT2D eigenvalue weighted by atomic mass is 9.86. The van der Waals surface area contributed by atoms with Crippen LogP contribution in [0, 0.1) is 15.5 Å². The van der Waals surface area contributed by atoms with E-state index in [1.165, 1.54) is 12.1 Å². The van der Waals surface area contributed by atoms with Crippen LogP contribution < -0.4 is 10.9 Å². The Labute approximate surface area is 207 Å². The van der Waals surface area contributed by atoms with E-state index in [0.29, 0.717) is 34.5 Å². The summed E-state index contributed by atoms with van der Waals surface area (Å²) in [5, 5.41) is 26.5. The van der Waals surface area contributed by atoms with Crippen molar-refractivity contribution in [2.75, 3.05) is 11.9 Å². The molecule has 0 saturated heterocycles. The zero-order valence-electron chi connectivity index (χ0n) is 20.7. The van der Waals surface area contributed by atoms with Gasteiger partial charge in [-0.1, -0.05) is 27.7 Å². The van der Waals surface area contributed by atoms with Gasteiger partial charge in [0.15, 0.2) is 5.60 Å². The van der Waals surface area contributed by atoms with Gasteiger partial charge < -0.3 is 19.7 Å². The van der Waals surface area contributed by atoms with Crippen LogP contribution in [-0.4, -0.2) is 32.1 Å². The van der Waals surface area contributed by atoms with Gasteiger partial charge in [0.05, 0.1) is 39.6 Å². The van der Waals surface area contributed by atoms with Crippen molar-refractivity contribution in [3.8, 4) is 11.4 Å². The fraction of sp³-hybridized carbons (Fsp3) is 0.423. The minimum atomic E-state index is -1.90. The second-order valence-corrected chi connectivity index (χ2v) is 10.7. The third-order valence-corrected chi connectivity index (χ3v) is 7.00. The zero-order chi connectivity index (χ0) is 26.0. The molecule has 2 aliphatic rings. The number of ether oxygens (including phenoxy) is 1. The lowest BCUT2D eigenvalue weighted by Gasteiger charge is -2.31. The topological polar surface area (TPSA) is 137 Å². The number of rotatable bonds is 5. The number of hydrogen-bond acceptors (Lipinski definition) is 8. The van der Waals surface area contributed by atoms with E-state index in [4.69, 9.17) is 9.72 Å². The highest BCUT2D eigenvalue weighted by Crippen LogP contribution is 2.40. The Hall–Kier alpha value is -3.79. The number of aromatic nitrogens is 2. The Balaban J connectivity index is 1.68. The number of fused-ring (bicyclic) bond motifs is 5. The van der Waals surface area contributed by atoms with Crippen molar-refractivity contribution < 1.29 is 19.6 Å². The number of hydrogen-bond donors (Lipinski definition) is 2. The lowest BCUT2D eigenvalue weighted by Crippen LogP contribution is -2.44. The van der Waals surface area contributed by atoms with Crippen molar-refractivity contribution in [3.05, 3.63) is 61.4 Å². The maximum atomic E-state index is 13.4. The first-order valence-electron chi connectivity index (χ1n) is 12.0. The number of carbonyl (C=O) groups excluding carboxylic acids is 1. The Kier molecular flexibility index (Phi) is 5.40. The number of nitrogens with one attached hydrogen (secondary N) is 1. The third-order valence-electron chi connectivity index (χ3n) is 7.00. The average Bonchev–Trinajstić information content (AvgIpc) is 3.17. The second-order valence-electron chi connectivity index (χ2n) is 10.7. The molecule has 0 saturated carbocycles. The monoisotopic (exact) mass is 492 g/mol. The van der Waals surface area contributed by atoms with Crippen molar-refractivity contribution in [1.82, 2.24) is 9.55 Å². The van der Waals surface area contributed by atoms with E-state index in [2.05, 4.69) is 26.1 Å². The molecule has 0 aliphatic carbocycles. The molecule has 0 fully saturated rings. The first-order valence-corrected chi connectivity index (χ1v) is 12.0. The number of nitro benzene ring substituents is 1. The summed E-state index contributed by atoms with van der Waals surface area (Å²) < 4.78 is 6.66. The zero-order valence-corrected chi connectivity index (χ0v) is 20.7. The van der Waals surface area contributed by atoms with Gasteiger partial charge in [-0.2, -0.15) is 0 Å². The molecule has 1 atom stereocenters. The molecular formula is C26H28N4O6. The number of carbonyl (C=O) groups is 1. The SMILES string of the molecule is CC[C@@]1(O)C(=O)OCc2c1cc1n(c2=O)Cc2cc3cc([N+](=O)[O-])cc(NCCC(C)(C)C)c3nc2-1. The number of nitrogens with zero attached hydrogens (tertiary/aromatic N) is 3. The van der Waals surface area contributed by atoms with Gasteiger partial charge in [-0.3, -0.25) is 14.9 Å². The van der Waals surface area contributed by atoms with Gasteiger partial charge in [0.1, 0.15) is 6.61 Å². The summed E-state index contributed by atoms with van der Waals surface area (Å²) in [5.74, 6) is -0.774. The molecule has 5 rings (SSSR count). The van der Waals surface area contributed by atoms with Gasteiger partial charge in [-0.25, -0.2) is 9.78 Å². The Morgan fingerprint density at radius 3 is 2.67 bits per heavy atom. The van der Waals surface area contributed by atoms with E-state index < -0.39 is 16.5 Å². The summed E-state index contributed by atoms with van der Waals surface area (Å²) in [4.78, 5) is 41.8. The molecule has 3 aromatic rings. The normalized spacial score (nSPS) is 18.4. The Bertz CT molecular complexity index is 1500. The molecule has 10 heteroatoms. The van der Waals surface area contributed by atoms with Crippen molar-refractivity contribution in [3.63, 3.8) is 0 Å². The van der Waals surface area contributed by atoms with Gasteiger partial charge in [0, 0.05) is 35.2 Å². The van der Waals surface area contributed by atoms with Crippen LogP contribution in [0.4, 0.5) is 11.4 Å². The van der Waals surface area contributed by atoms with Crippen molar-refractivity contribution in [2.45, 2.75) is 59.3 Å². The van der Waals surface area contributed by atoms with Crippen molar-refractivity contribution >= 4 is 28.2 Å². The van der Waals surface area contributed by atoms with Crippen LogP contribution in [0.5, 0.6) is 0 Å². The van der Waals surface area contributed by atoms with Crippen LogP contribution in [0.25, 0.3) is 22.3 Å². The highest BCUT2D eigenvalue weighted by Gasteiger charge is 2.45. The number of esters is 1. The highest BCUT2D eigenvalue weighted by molar-refractivity contribution is 5.95. The smallest absolute Gasteiger partial charge is 0.343 e. The molecule has 2 aromatic heterocycles. The number of benzene rings is 1. The summed E-state index contributed by atoms with van der Waals surface area (Å²) in [6.07, 6.45) is 0.906. The number of anilines is 1. The standard InChI is InChI=1S/C26H28N4O6/c1-5-26(33)18-11-20-22-15(12-29(20)23(31)17(18)13-36-24(26)32)8-14-9-16(30(34)35)10-19(21(14)28-22)27-7-6-25(2,3)4/h8-11,27,33H,5-7,12-13H2,1-4H3/t26-/m0/s1. The quantitative estimate of drug-likeness (QED) is 0.244. The molecule has 36 heavy (non-hydrogen) atoms. The van der Waals surface area contributed by atoms with Crippen LogP contribution in [0.1, 0.15) is 57.2 Å². The predicted octanol–water partition coefficient (Wildman–Crippen LogP) is 3.84. The molecule has 0 bridgehead atoms. The molecule has 0 amide bonds. The number of non-ortho nitro benzene ring substituents is 1. The van der Waals surface area contributed by atoms with Crippen LogP contribution in [0.2, 0.25) is 0 Å². The van der Waals surface area contributed by atoms with Crippen molar-refractivity contribution in [2.24, 2.45) is 5.41 Å². The number of aliphatic hydroxyl groups is 1. The Morgan fingerprint density at radius 2 is 2.00 bits per heavy atom. The summed E-state index contributed by atoms with van der Waals surface area (Å²) in [5.41, 5.74) is 1.15. The maximum Gasteiger partial charge on any atom is 0.343 e. The highest BCUT2D eigenvalue weighted by atomic mass is 16.6. The first-order chi connectivity index (χ1) is 16.9. The summed E-state index contributed by atoms with van der Waals surface area (Å²) >= 11 is 0. The average molecular weight is 493 g/mol. The maximum absolute atomic E-state index is 13.4. The molecule has 188 valence electrons.